The Labute approximate surface area is 136 Å². The Kier molecular flexibility index (Phi) is 6.12. The number of nitrogens with zero attached hydrogens (tertiary/aromatic N) is 1. The average Bonchev–Trinajstić information content (AvgIpc) is 2.51. The SMILES string of the molecule is CS(=O)(=O)N(CCNC(=O)c1cccc(F)c1)C1CCCCC1. The predicted octanol–water partition coefficient (Wildman–Crippen LogP) is 2.15. The van der Waals surface area contributed by atoms with Gasteiger partial charge in [-0.3, -0.25) is 4.79 Å². The van der Waals surface area contributed by atoms with Crippen molar-refractivity contribution >= 4 is 15.9 Å². The number of benzene rings is 1. The molecule has 0 saturated heterocycles. The van der Waals surface area contributed by atoms with Crippen LogP contribution in [0.4, 0.5) is 4.39 Å². The van der Waals surface area contributed by atoms with E-state index in [4.69, 9.17) is 0 Å². The van der Waals surface area contributed by atoms with Crippen LogP contribution in [0.2, 0.25) is 0 Å². The molecule has 0 bridgehead atoms. The number of halogens is 1. The van der Waals surface area contributed by atoms with Gasteiger partial charge in [0.1, 0.15) is 5.82 Å². The van der Waals surface area contributed by atoms with E-state index in [2.05, 4.69) is 5.32 Å². The molecule has 1 N–H and O–H groups in total. The molecule has 1 fully saturated rings. The van der Waals surface area contributed by atoms with Crippen LogP contribution in [0, 0.1) is 5.82 Å². The van der Waals surface area contributed by atoms with Crippen molar-refractivity contribution in [3.63, 3.8) is 0 Å². The molecule has 0 heterocycles. The van der Waals surface area contributed by atoms with E-state index in [9.17, 15) is 17.6 Å². The number of nitrogens with one attached hydrogen (secondary N) is 1. The lowest BCUT2D eigenvalue weighted by Gasteiger charge is -2.32. The van der Waals surface area contributed by atoms with Crippen molar-refractivity contribution < 1.29 is 17.6 Å². The van der Waals surface area contributed by atoms with Crippen molar-refractivity contribution in [2.45, 2.75) is 38.1 Å². The van der Waals surface area contributed by atoms with Gasteiger partial charge < -0.3 is 5.32 Å². The van der Waals surface area contributed by atoms with Gasteiger partial charge in [-0.05, 0) is 31.0 Å². The van der Waals surface area contributed by atoms with E-state index in [-0.39, 0.29) is 24.7 Å². The molecule has 1 saturated carbocycles. The number of carbonyl (C=O) groups is 1. The van der Waals surface area contributed by atoms with Crippen LogP contribution in [0.3, 0.4) is 0 Å². The molecule has 0 unspecified atom stereocenters. The molecule has 0 spiro atoms. The number of carbonyl (C=O) groups excluding carboxylic acids is 1. The summed E-state index contributed by atoms with van der Waals surface area (Å²) in [5.41, 5.74) is 0.230. The van der Waals surface area contributed by atoms with Crippen LogP contribution in [-0.2, 0) is 10.0 Å². The van der Waals surface area contributed by atoms with Gasteiger partial charge in [0.15, 0.2) is 0 Å². The number of amides is 1. The second-order valence-electron chi connectivity index (χ2n) is 5.93. The lowest BCUT2D eigenvalue weighted by atomic mass is 9.95. The van der Waals surface area contributed by atoms with Crippen molar-refractivity contribution in [2.75, 3.05) is 19.3 Å². The Morgan fingerprint density at radius 2 is 2.00 bits per heavy atom. The Balaban J connectivity index is 1.92. The first kappa shape index (κ1) is 17.9. The van der Waals surface area contributed by atoms with Gasteiger partial charge >= 0.3 is 0 Å². The summed E-state index contributed by atoms with van der Waals surface area (Å²) in [4.78, 5) is 12.0. The third-order valence-electron chi connectivity index (χ3n) is 4.11. The zero-order chi connectivity index (χ0) is 16.9. The molecule has 2 rings (SSSR count). The summed E-state index contributed by atoms with van der Waals surface area (Å²) in [5, 5.41) is 2.66. The highest BCUT2D eigenvalue weighted by atomic mass is 32.2. The lowest BCUT2D eigenvalue weighted by molar-refractivity contribution is 0.0949. The largest absolute Gasteiger partial charge is 0.351 e. The van der Waals surface area contributed by atoms with Crippen LogP contribution in [0.25, 0.3) is 0 Å². The summed E-state index contributed by atoms with van der Waals surface area (Å²) in [6.07, 6.45) is 6.15. The normalized spacial score (nSPS) is 16.5. The molecular formula is C16H23FN2O3S. The fraction of sp³-hybridized carbons (Fsp3) is 0.562. The molecule has 0 aliphatic heterocycles. The summed E-state index contributed by atoms with van der Waals surface area (Å²) in [5.74, 6) is -0.876. The highest BCUT2D eigenvalue weighted by molar-refractivity contribution is 7.88. The van der Waals surface area contributed by atoms with E-state index in [0.717, 1.165) is 38.2 Å². The summed E-state index contributed by atoms with van der Waals surface area (Å²) < 4.78 is 38.6. The minimum atomic E-state index is -3.31. The van der Waals surface area contributed by atoms with Gasteiger partial charge in [-0.1, -0.05) is 25.3 Å². The van der Waals surface area contributed by atoms with Gasteiger partial charge in [-0.15, -0.1) is 0 Å². The molecule has 1 aliphatic rings. The van der Waals surface area contributed by atoms with E-state index in [1.165, 1.54) is 28.8 Å². The Morgan fingerprint density at radius 3 is 2.61 bits per heavy atom. The molecule has 1 aliphatic carbocycles. The van der Waals surface area contributed by atoms with Crippen LogP contribution in [0.5, 0.6) is 0 Å². The van der Waals surface area contributed by atoms with Crippen molar-refractivity contribution in [2.24, 2.45) is 0 Å². The van der Waals surface area contributed by atoms with Gasteiger partial charge in [-0.25, -0.2) is 12.8 Å². The van der Waals surface area contributed by atoms with Gasteiger partial charge in [0.05, 0.1) is 6.26 Å². The Hall–Kier alpha value is -1.47. The molecule has 0 radical (unpaired) electrons. The molecule has 0 aromatic heterocycles. The molecule has 1 aromatic rings. The van der Waals surface area contributed by atoms with E-state index < -0.39 is 21.7 Å². The molecular weight excluding hydrogens is 319 g/mol. The quantitative estimate of drug-likeness (QED) is 0.861. The molecule has 23 heavy (non-hydrogen) atoms. The fourth-order valence-electron chi connectivity index (χ4n) is 3.00. The number of hydrogen-bond donors (Lipinski definition) is 1. The van der Waals surface area contributed by atoms with Crippen LogP contribution in [0.1, 0.15) is 42.5 Å². The van der Waals surface area contributed by atoms with E-state index in [1.807, 2.05) is 0 Å². The van der Waals surface area contributed by atoms with Gasteiger partial charge in [0.2, 0.25) is 10.0 Å². The van der Waals surface area contributed by atoms with Gasteiger partial charge in [0.25, 0.3) is 5.91 Å². The minimum absolute atomic E-state index is 0.0184. The standard InChI is InChI=1S/C16H23FN2O3S/c1-23(21,22)19(15-8-3-2-4-9-15)11-10-18-16(20)13-6-5-7-14(17)12-13/h5-7,12,15H,2-4,8-11H2,1H3,(H,18,20). The summed E-state index contributed by atoms with van der Waals surface area (Å²) in [6.45, 7) is 0.448. The maximum Gasteiger partial charge on any atom is 0.251 e. The number of hydrogen-bond acceptors (Lipinski definition) is 3. The zero-order valence-corrected chi connectivity index (χ0v) is 14.1. The van der Waals surface area contributed by atoms with Crippen molar-refractivity contribution in [1.82, 2.24) is 9.62 Å². The number of sulfonamides is 1. The monoisotopic (exact) mass is 342 g/mol. The van der Waals surface area contributed by atoms with E-state index in [0.29, 0.717) is 0 Å². The van der Waals surface area contributed by atoms with Crippen molar-refractivity contribution in [3.8, 4) is 0 Å². The highest BCUT2D eigenvalue weighted by Crippen LogP contribution is 2.24. The van der Waals surface area contributed by atoms with E-state index in [1.54, 1.807) is 0 Å². The average molecular weight is 342 g/mol. The van der Waals surface area contributed by atoms with Gasteiger partial charge in [0, 0.05) is 24.7 Å². The first-order valence-electron chi connectivity index (χ1n) is 7.88. The van der Waals surface area contributed by atoms with Crippen LogP contribution < -0.4 is 5.32 Å². The molecule has 0 atom stereocenters. The Bertz CT molecular complexity index is 642. The van der Waals surface area contributed by atoms with Crippen LogP contribution >= 0.6 is 0 Å². The fourth-order valence-corrected chi connectivity index (χ4v) is 4.17. The highest BCUT2D eigenvalue weighted by Gasteiger charge is 2.27. The summed E-state index contributed by atoms with van der Waals surface area (Å²) >= 11 is 0. The van der Waals surface area contributed by atoms with Crippen LogP contribution in [-0.4, -0.2) is 44.0 Å². The smallest absolute Gasteiger partial charge is 0.251 e. The van der Waals surface area contributed by atoms with Crippen molar-refractivity contribution in [1.29, 1.82) is 0 Å². The summed E-state index contributed by atoms with van der Waals surface area (Å²) in [6, 6.07) is 5.43. The molecule has 5 nitrogen and oxygen atoms in total. The Morgan fingerprint density at radius 1 is 1.30 bits per heavy atom. The molecule has 7 heteroatoms. The van der Waals surface area contributed by atoms with Gasteiger partial charge in [-0.2, -0.15) is 4.31 Å². The minimum Gasteiger partial charge on any atom is -0.351 e. The first-order chi connectivity index (χ1) is 10.9. The molecule has 1 amide bonds. The zero-order valence-electron chi connectivity index (χ0n) is 13.3. The third kappa shape index (κ3) is 5.28. The molecule has 1 aromatic carbocycles. The topological polar surface area (TPSA) is 66.5 Å². The second kappa shape index (κ2) is 7.88. The first-order valence-corrected chi connectivity index (χ1v) is 9.73. The third-order valence-corrected chi connectivity index (χ3v) is 5.45. The van der Waals surface area contributed by atoms with E-state index >= 15 is 0 Å². The maximum atomic E-state index is 13.1. The number of rotatable bonds is 6. The molecule has 128 valence electrons. The summed E-state index contributed by atoms with van der Waals surface area (Å²) in [7, 11) is -3.31. The lowest BCUT2D eigenvalue weighted by Crippen LogP contribution is -2.45. The maximum absolute atomic E-state index is 13.1. The van der Waals surface area contributed by atoms with Crippen LogP contribution in [0.15, 0.2) is 24.3 Å². The van der Waals surface area contributed by atoms with Crippen molar-refractivity contribution in [3.05, 3.63) is 35.6 Å². The second-order valence-corrected chi connectivity index (χ2v) is 7.87. The predicted molar refractivity (Wildman–Crippen MR) is 87.2 cm³/mol.